The SMILES string of the molecule is CC(CO)Nc1cc2cc(C(=O)NC(CO)c3ccc(OC(F)(F)F)cc3)ccc2cn1. The number of ether oxygens (including phenoxy) is 1. The third-order valence-electron chi connectivity index (χ3n) is 4.66. The zero-order valence-electron chi connectivity index (χ0n) is 17.1. The van der Waals surface area contributed by atoms with Gasteiger partial charge in [-0.25, -0.2) is 4.98 Å². The van der Waals surface area contributed by atoms with E-state index in [1.807, 2.05) is 0 Å². The van der Waals surface area contributed by atoms with E-state index in [9.17, 15) is 28.2 Å². The van der Waals surface area contributed by atoms with Crippen LogP contribution in [0.5, 0.6) is 5.75 Å². The van der Waals surface area contributed by atoms with E-state index >= 15 is 0 Å². The van der Waals surface area contributed by atoms with Gasteiger partial charge in [0.2, 0.25) is 0 Å². The number of halogens is 3. The molecule has 0 fully saturated rings. The van der Waals surface area contributed by atoms with Crippen LogP contribution >= 0.6 is 0 Å². The molecule has 0 saturated heterocycles. The van der Waals surface area contributed by atoms with Gasteiger partial charge >= 0.3 is 6.36 Å². The number of pyridine rings is 1. The molecule has 10 heteroatoms. The van der Waals surface area contributed by atoms with E-state index in [1.54, 1.807) is 37.4 Å². The Hall–Kier alpha value is -3.37. The van der Waals surface area contributed by atoms with Crippen molar-refractivity contribution < 1.29 is 32.9 Å². The Morgan fingerprint density at radius 2 is 1.78 bits per heavy atom. The normalized spacial score (nSPS) is 13.4. The molecule has 2 aromatic carbocycles. The fourth-order valence-electron chi connectivity index (χ4n) is 3.04. The van der Waals surface area contributed by atoms with Gasteiger partial charge in [0.1, 0.15) is 11.6 Å². The summed E-state index contributed by atoms with van der Waals surface area (Å²) < 4.78 is 40.7. The number of aliphatic hydroxyl groups excluding tert-OH is 2. The van der Waals surface area contributed by atoms with Gasteiger partial charge in [0.25, 0.3) is 5.91 Å². The van der Waals surface area contributed by atoms with Crippen molar-refractivity contribution in [2.24, 2.45) is 0 Å². The van der Waals surface area contributed by atoms with Gasteiger partial charge in [-0.2, -0.15) is 0 Å². The van der Waals surface area contributed by atoms with Crippen LogP contribution in [-0.2, 0) is 0 Å². The summed E-state index contributed by atoms with van der Waals surface area (Å²) in [6.45, 7) is 1.29. The number of anilines is 1. The fourth-order valence-corrected chi connectivity index (χ4v) is 3.04. The highest BCUT2D eigenvalue weighted by atomic mass is 19.4. The lowest BCUT2D eigenvalue weighted by atomic mass is 10.1. The van der Waals surface area contributed by atoms with Crippen LogP contribution in [0.15, 0.2) is 54.7 Å². The number of fused-ring (bicyclic) bond motifs is 1. The minimum absolute atomic E-state index is 0.0615. The fraction of sp³-hybridized carbons (Fsp3) is 0.273. The van der Waals surface area contributed by atoms with Crippen molar-refractivity contribution in [3.8, 4) is 5.75 Å². The Morgan fingerprint density at radius 3 is 2.41 bits per heavy atom. The standard InChI is InChI=1S/C22H22F3N3O4/c1-13(11-29)27-20-9-17-8-15(2-3-16(17)10-26-20)21(31)28-19(12-30)14-4-6-18(7-5-14)32-22(23,24)25/h2-10,13,19,29-30H,11-12H2,1H3,(H,26,27)(H,28,31). The van der Waals surface area contributed by atoms with Gasteiger partial charge in [-0.05, 0) is 48.2 Å². The van der Waals surface area contributed by atoms with Crippen LogP contribution < -0.4 is 15.4 Å². The first-order chi connectivity index (χ1) is 15.2. The molecular formula is C22H22F3N3O4. The molecule has 2 unspecified atom stereocenters. The van der Waals surface area contributed by atoms with E-state index in [-0.39, 0.29) is 12.6 Å². The molecule has 1 amide bonds. The molecule has 2 atom stereocenters. The highest BCUT2D eigenvalue weighted by molar-refractivity contribution is 5.99. The molecule has 7 nitrogen and oxygen atoms in total. The van der Waals surface area contributed by atoms with Crippen molar-refractivity contribution in [1.82, 2.24) is 10.3 Å². The average molecular weight is 449 g/mol. The summed E-state index contributed by atoms with van der Waals surface area (Å²) in [6, 6.07) is 10.7. The van der Waals surface area contributed by atoms with Crippen molar-refractivity contribution >= 4 is 22.5 Å². The number of alkyl halides is 3. The Labute approximate surface area is 181 Å². The molecule has 0 spiro atoms. The lowest BCUT2D eigenvalue weighted by Gasteiger charge is -2.18. The van der Waals surface area contributed by atoms with Gasteiger partial charge in [-0.15, -0.1) is 13.2 Å². The number of rotatable bonds is 8. The monoisotopic (exact) mass is 449 g/mol. The predicted molar refractivity (Wildman–Crippen MR) is 112 cm³/mol. The topological polar surface area (TPSA) is 104 Å². The number of aromatic nitrogens is 1. The number of nitrogens with one attached hydrogen (secondary N) is 2. The summed E-state index contributed by atoms with van der Waals surface area (Å²) in [4.78, 5) is 17.0. The first-order valence-electron chi connectivity index (χ1n) is 9.73. The maximum Gasteiger partial charge on any atom is 0.573 e. The molecule has 0 radical (unpaired) electrons. The Balaban J connectivity index is 1.75. The van der Waals surface area contributed by atoms with Crippen LogP contribution in [0.25, 0.3) is 10.8 Å². The molecule has 4 N–H and O–H groups in total. The summed E-state index contributed by atoms with van der Waals surface area (Å²) in [5.41, 5.74) is 0.755. The molecule has 1 heterocycles. The minimum Gasteiger partial charge on any atom is -0.406 e. The lowest BCUT2D eigenvalue weighted by molar-refractivity contribution is -0.274. The van der Waals surface area contributed by atoms with Crippen LogP contribution in [-0.4, -0.2) is 46.7 Å². The molecule has 0 saturated carbocycles. The van der Waals surface area contributed by atoms with Crippen molar-refractivity contribution in [1.29, 1.82) is 0 Å². The molecule has 3 aromatic rings. The molecule has 1 aromatic heterocycles. The first-order valence-corrected chi connectivity index (χ1v) is 9.73. The Bertz CT molecular complexity index is 1070. The first kappa shape index (κ1) is 23.3. The third-order valence-corrected chi connectivity index (χ3v) is 4.66. The number of hydrogen-bond donors (Lipinski definition) is 4. The molecular weight excluding hydrogens is 427 g/mol. The average Bonchev–Trinajstić information content (AvgIpc) is 2.76. The van der Waals surface area contributed by atoms with Crippen LogP contribution in [0.4, 0.5) is 19.0 Å². The van der Waals surface area contributed by atoms with Crippen molar-refractivity contribution in [2.45, 2.75) is 25.4 Å². The summed E-state index contributed by atoms with van der Waals surface area (Å²) in [6.07, 6.45) is -3.16. The van der Waals surface area contributed by atoms with Gasteiger partial charge in [0.15, 0.2) is 0 Å². The van der Waals surface area contributed by atoms with Crippen LogP contribution in [0.3, 0.4) is 0 Å². The Morgan fingerprint density at radius 1 is 1.06 bits per heavy atom. The molecule has 0 bridgehead atoms. The molecule has 0 aliphatic carbocycles. The second kappa shape index (κ2) is 9.84. The maximum atomic E-state index is 12.7. The third kappa shape index (κ3) is 6.08. The van der Waals surface area contributed by atoms with Gasteiger partial charge < -0.3 is 25.6 Å². The van der Waals surface area contributed by atoms with Gasteiger partial charge in [-0.3, -0.25) is 4.79 Å². The number of benzene rings is 2. The van der Waals surface area contributed by atoms with E-state index in [2.05, 4.69) is 20.4 Å². The summed E-state index contributed by atoms with van der Waals surface area (Å²) in [5.74, 6) is -0.310. The second-order valence-electron chi connectivity index (χ2n) is 7.18. The second-order valence-corrected chi connectivity index (χ2v) is 7.18. The van der Waals surface area contributed by atoms with E-state index in [0.29, 0.717) is 16.9 Å². The molecule has 32 heavy (non-hydrogen) atoms. The molecule has 0 aliphatic rings. The molecule has 0 aliphatic heterocycles. The van der Waals surface area contributed by atoms with Crippen LogP contribution in [0.2, 0.25) is 0 Å². The van der Waals surface area contributed by atoms with Crippen LogP contribution in [0, 0.1) is 0 Å². The predicted octanol–water partition coefficient (Wildman–Crippen LogP) is 3.39. The number of amides is 1. The van der Waals surface area contributed by atoms with E-state index in [4.69, 9.17) is 0 Å². The highest BCUT2D eigenvalue weighted by Crippen LogP contribution is 2.25. The van der Waals surface area contributed by atoms with E-state index < -0.39 is 30.7 Å². The lowest BCUT2D eigenvalue weighted by Crippen LogP contribution is -2.30. The number of carbonyl (C=O) groups is 1. The van der Waals surface area contributed by atoms with Crippen molar-refractivity contribution in [2.75, 3.05) is 18.5 Å². The number of nitrogens with zero attached hydrogens (tertiary/aromatic N) is 1. The maximum absolute atomic E-state index is 12.7. The highest BCUT2D eigenvalue weighted by Gasteiger charge is 2.31. The van der Waals surface area contributed by atoms with Gasteiger partial charge in [-0.1, -0.05) is 18.2 Å². The van der Waals surface area contributed by atoms with Crippen LogP contribution in [0.1, 0.15) is 28.9 Å². The van der Waals surface area contributed by atoms with Crippen molar-refractivity contribution in [3.05, 3.63) is 65.9 Å². The zero-order valence-corrected chi connectivity index (χ0v) is 17.1. The zero-order chi connectivity index (χ0) is 23.3. The largest absolute Gasteiger partial charge is 0.573 e. The molecule has 170 valence electrons. The number of hydrogen-bond acceptors (Lipinski definition) is 6. The van der Waals surface area contributed by atoms with Gasteiger partial charge in [0.05, 0.1) is 19.3 Å². The van der Waals surface area contributed by atoms with E-state index in [1.165, 1.54) is 12.1 Å². The molecule has 3 rings (SSSR count). The Kier molecular flexibility index (Phi) is 7.16. The van der Waals surface area contributed by atoms with E-state index in [0.717, 1.165) is 22.9 Å². The summed E-state index contributed by atoms with van der Waals surface area (Å²) >= 11 is 0. The minimum atomic E-state index is -4.80. The summed E-state index contributed by atoms with van der Waals surface area (Å²) in [7, 11) is 0. The van der Waals surface area contributed by atoms with Gasteiger partial charge in [0, 0.05) is 23.2 Å². The summed E-state index contributed by atoms with van der Waals surface area (Å²) in [5, 5.41) is 26.1. The number of carbonyl (C=O) groups excluding carboxylic acids is 1. The number of aliphatic hydroxyl groups is 2. The smallest absolute Gasteiger partial charge is 0.406 e. The van der Waals surface area contributed by atoms with Crippen molar-refractivity contribution in [3.63, 3.8) is 0 Å². The quantitative estimate of drug-likeness (QED) is 0.420.